The SMILES string of the molecule is CN1CCCc2cc(/C(c3ccc(S(=O)(=O)O)cc3S(=O)(=O)O)=c3\ccc4c(c3)CCC[N+]=4C)ccc21. The van der Waals surface area contributed by atoms with Crippen molar-refractivity contribution in [3.05, 3.63) is 87.4 Å². The normalized spacial score (nSPS) is 16.8. The Morgan fingerprint density at radius 2 is 1.62 bits per heavy atom. The van der Waals surface area contributed by atoms with Crippen molar-refractivity contribution in [3.8, 4) is 0 Å². The monoisotopic (exact) mass is 541 g/mol. The van der Waals surface area contributed by atoms with Gasteiger partial charge >= 0.3 is 0 Å². The fourth-order valence-corrected chi connectivity index (χ4v) is 6.75. The largest absolute Gasteiger partial charge is 0.374 e. The van der Waals surface area contributed by atoms with Crippen molar-refractivity contribution in [1.82, 2.24) is 4.58 Å². The van der Waals surface area contributed by atoms with Crippen LogP contribution in [0, 0.1) is 0 Å². The minimum Gasteiger partial charge on any atom is -0.374 e. The third-order valence-electron chi connectivity index (χ3n) is 7.24. The Balaban J connectivity index is 1.88. The van der Waals surface area contributed by atoms with Crippen LogP contribution in [-0.4, -0.2) is 53.1 Å². The molecule has 0 atom stereocenters. The van der Waals surface area contributed by atoms with Crippen LogP contribution < -0.4 is 20.1 Å². The van der Waals surface area contributed by atoms with E-state index in [1.807, 2.05) is 50.5 Å². The first kappa shape index (κ1) is 25.6. The first-order valence-electron chi connectivity index (χ1n) is 12.1. The molecule has 5 rings (SSSR count). The molecule has 0 aromatic heterocycles. The molecule has 0 spiro atoms. The number of hydrogen-bond acceptors (Lipinski definition) is 5. The second kappa shape index (κ2) is 9.36. The molecule has 0 bridgehead atoms. The van der Waals surface area contributed by atoms with E-state index < -0.39 is 30.0 Å². The third-order valence-corrected chi connectivity index (χ3v) is 8.98. The summed E-state index contributed by atoms with van der Waals surface area (Å²) >= 11 is 0. The van der Waals surface area contributed by atoms with Crippen LogP contribution in [0.2, 0.25) is 0 Å². The van der Waals surface area contributed by atoms with Crippen molar-refractivity contribution >= 4 is 31.5 Å². The lowest BCUT2D eigenvalue weighted by molar-refractivity contribution is 0.481. The van der Waals surface area contributed by atoms with Gasteiger partial charge in [-0.1, -0.05) is 12.1 Å². The third kappa shape index (κ3) is 4.94. The van der Waals surface area contributed by atoms with Gasteiger partial charge in [0, 0.05) is 42.9 Å². The summed E-state index contributed by atoms with van der Waals surface area (Å²) in [5, 5.41) is 1.86. The Bertz CT molecular complexity index is 1760. The molecule has 2 aliphatic heterocycles. The maximum Gasteiger partial charge on any atom is 0.295 e. The molecule has 0 saturated carbocycles. The van der Waals surface area contributed by atoms with Crippen molar-refractivity contribution in [2.24, 2.45) is 0 Å². The van der Waals surface area contributed by atoms with E-state index in [0.29, 0.717) is 5.57 Å². The standard InChI is InChI=1S/C27H28N2O6S2/c1-28-13-3-5-18-15-20(7-11-24(18)28)27(21-8-12-25-19(16-21)6-4-14-29(25)2)23-10-9-22(36(30,31)32)17-26(23)37(33,34)35/h7-12,15-17H,3-6,13-14H2,1-2H3,(H-,30,31,32,33,34,35)/p+1. The highest BCUT2D eigenvalue weighted by atomic mass is 32.2. The number of fused-ring (bicyclic) bond motifs is 2. The first-order chi connectivity index (χ1) is 17.4. The summed E-state index contributed by atoms with van der Waals surface area (Å²) < 4.78 is 70.4. The second-order valence-electron chi connectivity index (χ2n) is 9.72. The van der Waals surface area contributed by atoms with Gasteiger partial charge in [0.05, 0.1) is 4.90 Å². The zero-order chi connectivity index (χ0) is 26.5. The van der Waals surface area contributed by atoms with E-state index in [9.17, 15) is 25.9 Å². The molecule has 10 heteroatoms. The van der Waals surface area contributed by atoms with Crippen LogP contribution in [-0.2, 0) is 33.1 Å². The van der Waals surface area contributed by atoms with E-state index >= 15 is 0 Å². The number of anilines is 1. The molecule has 0 aliphatic carbocycles. The van der Waals surface area contributed by atoms with Crippen molar-refractivity contribution < 1.29 is 25.9 Å². The maximum absolute atomic E-state index is 12.5. The topological polar surface area (TPSA) is 115 Å². The van der Waals surface area contributed by atoms with Gasteiger partial charge in [-0.15, -0.1) is 0 Å². The highest BCUT2D eigenvalue weighted by molar-refractivity contribution is 7.86. The van der Waals surface area contributed by atoms with Gasteiger partial charge in [-0.05, 0) is 77.6 Å². The van der Waals surface area contributed by atoms with E-state index in [-0.39, 0.29) is 5.56 Å². The van der Waals surface area contributed by atoms with Crippen LogP contribution in [0.25, 0.3) is 5.57 Å². The lowest BCUT2D eigenvalue weighted by Gasteiger charge is -2.28. The Morgan fingerprint density at radius 1 is 0.865 bits per heavy atom. The van der Waals surface area contributed by atoms with Crippen LogP contribution in [0.3, 0.4) is 0 Å². The lowest BCUT2D eigenvalue weighted by Crippen LogP contribution is -2.35. The van der Waals surface area contributed by atoms with Crippen molar-refractivity contribution in [1.29, 1.82) is 0 Å². The number of nitrogens with zero attached hydrogens (tertiary/aromatic N) is 2. The minimum atomic E-state index is -4.84. The average Bonchev–Trinajstić information content (AvgIpc) is 2.83. The summed E-state index contributed by atoms with van der Waals surface area (Å²) in [6.45, 7) is 1.90. The Morgan fingerprint density at radius 3 is 2.35 bits per heavy atom. The molecule has 0 amide bonds. The minimum absolute atomic E-state index is 0.156. The first-order valence-corrected chi connectivity index (χ1v) is 15.0. The molecule has 3 aromatic carbocycles. The second-order valence-corrected chi connectivity index (χ2v) is 12.5. The van der Waals surface area contributed by atoms with Gasteiger partial charge in [0.2, 0.25) is 5.36 Å². The van der Waals surface area contributed by atoms with Crippen molar-refractivity contribution in [3.63, 3.8) is 0 Å². The van der Waals surface area contributed by atoms with Gasteiger partial charge < -0.3 is 4.90 Å². The van der Waals surface area contributed by atoms with Crippen LogP contribution in [0.15, 0.2) is 64.4 Å². The van der Waals surface area contributed by atoms with Crippen LogP contribution in [0.5, 0.6) is 0 Å². The molecular weight excluding hydrogens is 512 g/mol. The molecule has 0 saturated heterocycles. The summed E-state index contributed by atoms with van der Waals surface area (Å²) in [6.07, 6.45) is 3.74. The molecule has 0 radical (unpaired) electrons. The molecule has 194 valence electrons. The molecule has 0 unspecified atom stereocenters. The van der Waals surface area contributed by atoms with Gasteiger partial charge in [0.25, 0.3) is 20.2 Å². The molecule has 8 nitrogen and oxygen atoms in total. The molecular formula is C27H29N2O6S2+. The van der Waals surface area contributed by atoms with E-state index in [4.69, 9.17) is 0 Å². The summed E-state index contributed by atoms with van der Waals surface area (Å²) in [4.78, 5) is 0.992. The average molecular weight is 542 g/mol. The molecule has 0 fully saturated rings. The smallest absolute Gasteiger partial charge is 0.295 e. The fourth-order valence-electron chi connectivity index (χ4n) is 5.44. The zero-order valence-corrected chi connectivity index (χ0v) is 22.3. The fraction of sp³-hybridized carbons (Fsp3) is 0.296. The van der Waals surface area contributed by atoms with E-state index in [1.165, 1.54) is 6.07 Å². The van der Waals surface area contributed by atoms with Gasteiger partial charge in [-0.3, -0.25) is 9.11 Å². The highest BCUT2D eigenvalue weighted by Crippen LogP contribution is 2.33. The predicted octanol–water partition coefficient (Wildman–Crippen LogP) is 1.88. The number of benzene rings is 3. The Labute approximate surface area is 216 Å². The maximum atomic E-state index is 12.5. The molecule has 2 N–H and O–H groups in total. The molecule has 2 aliphatic rings. The Kier molecular flexibility index (Phi) is 6.47. The Hall–Kier alpha value is -3.05. The summed E-state index contributed by atoms with van der Waals surface area (Å²) in [6, 6.07) is 15.2. The summed E-state index contributed by atoms with van der Waals surface area (Å²) in [5.74, 6) is 0. The van der Waals surface area contributed by atoms with Crippen LogP contribution >= 0.6 is 0 Å². The van der Waals surface area contributed by atoms with Crippen LogP contribution in [0.4, 0.5) is 5.69 Å². The number of rotatable bonds is 4. The van der Waals surface area contributed by atoms with Gasteiger partial charge in [-0.25, -0.2) is 4.58 Å². The van der Waals surface area contributed by atoms with E-state index in [1.54, 1.807) is 0 Å². The lowest BCUT2D eigenvalue weighted by atomic mass is 9.90. The molecule has 37 heavy (non-hydrogen) atoms. The zero-order valence-electron chi connectivity index (χ0n) is 20.7. The summed E-state index contributed by atoms with van der Waals surface area (Å²) in [7, 11) is -5.46. The number of hydrogen-bond donors (Lipinski definition) is 2. The predicted molar refractivity (Wildman–Crippen MR) is 142 cm³/mol. The van der Waals surface area contributed by atoms with Gasteiger partial charge in [0.1, 0.15) is 18.5 Å². The van der Waals surface area contributed by atoms with Crippen molar-refractivity contribution in [2.75, 3.05) is 32.1 Å². The van der Waals surface area contributed by atoms with Crippen LogP contribution in [0.1, 0.15) is 35.1 Å². The van der Waals surface area contributed by atoms with Gasteiger partial charge in [0.15, 0.2) is 0 Å². The molecule has 3 aromatic rings. The van der Waals surface area contributed by atoms with E-state index in [0.717, 1.165) is 83.9 Å². The summed E-state index contributed by atoms with van der Waals surface area (Å²) in [5.41, 5.74) is 4.83. The van der Waals surface area contributed by atoms with Crippen molar-refractivity contribution in [2.45, 2.75) is 35.5 Å². The molecule has 2 heterocycles. The van der Waals surface area contributed by atoms with Gasteiger partial charge in [-0.2, -0.15) is 16.8 Å². The highest BCUT2D eigenvalue weighted by Gasteiger charge is 2.25. The number of aryl methyl sites for hydroxylation is 2. The van der Waals surface area contributed by atoms with E-state index in [2.05, 4.69) is 9.48 Å². The quantitative estimate of drug-likeness (QED) is 0.383.